The number of fused-ring (bicyclic) bond motifs is 1. The molecule has 1 fully saturated rings. The van der Waals surface area contributed by atoms with Gasteiger partial charge in [0.05, 0.1) is 30.5 Å². The SMILES string of the molecule is CSC(=O)OCC1=C[C@H](O)[C@@H]2C(C(=O)O)=CO[C@@H](OC3OC(CO)C(O)C(O)C3O)[C@H]12. The Bertz CT molecular complexity index is 752. The van der Waals surface area contributed by atoms with Gasteiger partial charge in [-0.15, -0.1) is 0 Å². The molecular weight excluding hydrogens is 440 g/mol. The first-order chi connectivity index (χ1) is 14.7. The fourth-order valence-electron chi connectivity index (χ4n) is 3.87. The van der Waals surface area contributed by atoms with Crippen LogP contribution in [0.1, 0.15) is 0 Å². The molecule has 3 aliphatic rings. The fraction of sp³-hybridized carbons (Fsp3) is 0.667. The highest BCUT2D eigenvalue weighted by Gasteiger charge is 2.52. The minimum atomic E-state index is -1.71. The Kier molecular flexibility index (Phi) is 7.59. The number of hydrogen-bond acceptors (Lipinski definition) is 12. The molecule has 0 aromatic heterocycles. The molecule has 0 bridgehead atoms. The predicted molar refractivity (Wildman–Crippen MR) is 101 cm³/mol. The Morgan fingerprint density at radius 2 is 1.81 bits per heavy atom. The van der Waals surface area contributed by atoms with E-state index in [1.54, 1.807) is 0 Å². The maximum Gasteiger partial charge on any atom is 0.367 e. The van der Waals surface area contributed by atoms with E-state index in [-0.39, 0.29) is 12.2 Å². The Balaban J connectivity index is 1.84. The van der Waals surface area contributed by atoms with Crippen molar-refractivity contribution < 1.29 is 59.2 Å². The van der Waals surface area contributed by atoms with E-state index in [0.717, 1.165) is 18.0 Å². The number of carbonyl (C=O) groups excluding carboxylic acids is 1. The molecule has 1 saturated heterocycles. The molecule has 1 aliphatic carbocycles. The number of carboxylic acid groups (broad SMARTS) is 1. The van der Waals surface area contributed by atoms with Gasteiger partial charge in [0, 0.05) is 5.92 Å². The van der Waals surface area contributed by atoms with Gasteiger partial charge in [-0.05, 0) is 23.6 Å². The zero-order chi connectivity index (χ0) is 22.9. The highest BCUT2D eigenvalue weighted by molar-refractivity contribution is 8.12. The van der Waals surface area contributed by atoms with Crippen LogP contribution in [0.4, 0.5) is 4.79 Å². The highest BCUT2D eigenvalue weighted by atomic mass is 32.2. The quantitative estimate of drug-likeness (QED) is 0.190. The van der Waals surface area contributed by atoms with Crippen LogP contribution >= 0.6 is 11.8 Å². The summed E-state index contributed by atoms with van der Waals surface area (Å²) in [5.41, 5.74) is 0.106. The summed E-state index contributed by atoms with van der Waals surface area (Å²) in [5, 5.41) is 58.7. The van der Waals surface area contributed by atoms with E-state index in [1.165, 1.54) is 12.3 Å². The molecule has 5 unspecified atom stereocenters. The molecule has 0 aromatic carbocycles. The zero-order valence-electron chi connectivity index (χ0n) is 16.3. The van der Waals surface area contributed by atoms with Gasteiger partial charge in [-0.2, -0.15) is 0 Å². The van der Waals surface area contributed by atoms with Crippen molar-refractivity contribution in [3.63, 3.8) is 0 Å². The first kappa shape index (κ1) is 23.9. The zero-order valence-corrected chi connectivity index (χ0v) is 17.1. The fourth-order valence-corrected chi connectivity index (χ4v) is 4.05. The average molecular weight is 464 g/mol. The van der Waals surface area contributed by atoms with E-state index in [1.807, 2.05) is 0 Å². The van der Waals surface area contributed by atoms with Crippen molar-refractivity contribution in [2.75, 3.05) is 19.5 Å². The summed E-state index contributed by atoms with van der Waals surface area (Å²) in [7, 11) is 0. The molecule has 0 aromatic rings. The van der Waals surface area contributed by atoms with Gasteiger partial charge in [0.15, 0.2) is 6.29 Å². The topological polar surface area (TPSA) is 192 Å². The number of hydrogen-bond donors (Lipinski definition) is 6. The lowest BCUT2D eigenvalue weighted by Gasteiger charge is -2.43. The molecule has 2 heterocycles. The van der Waals surface area contributed by atoms with Crippen LogP contribution < -0.4 is 0 Å². The molecule has 12 nitrogen and oxygen atoms in total. The number of aliphatic hydroxyl groups is 5. The largest absolute Gasteiger partial charge is 0.478 e. The molecule has 0 spiro atoms. The van der Waals surface area contributed by atoms with Gasteiger partial charge in [-0.25, -0.2) is 9.59 Å². The van der Waals surface area contributed by atoms with E-state index in [9.17, 15) is 40.2 Å². The van der Waals surface area contributed by atoms with Crippen molar-refractivity contribution in [1.29, 1.82) is 0 Å². The molecule has 0 radical (unpaired) electrons. The first-order valence-electron chi connectivity index (χ1n) is 9.33. The van der Waals surface area contributed by atoms with Crippen LogP contribution in [0, 0.1) is 11.8 Å². The van der Waals surface area contributed by atoms with E-state index in [4.69, 9.17) is 18.9 Å². The summed E-state index contributed by atoms with van der Waals surface area (Å²) in [6.45, 7) is -0.928. The highest BCUT2D eigenvalue weighted by Crippen LogP contribution is 2.44. The number of aliphatic hydroxyl groups excluding tert-OH is 5. The van der Waals surface area contributed by atoms with E-state index >= 15 is 0 Å². The molecule has 31 heavy (non-hydrogen) atoms. The van der Waals surface area contributed by atoms with Crippen LogP contribution in [0.2, 0.25) is 0 Å². The molecular formula is C18H24O12S. The van der Waals surface area contributed by atoms with Gasteiger partial charge in [0.2, 0.25) is 6.29 Å². The standard InChI is InChI=1S/C18H24O12S/c1-31-18(26)28-4-6-2-8(20)11-7(15(24)25)5-27-16(10(6)11)30-17-14(23)13(22)12(21)9(3-19)29-17/h2,5,8-14,16-17,19-23H,3-4H2,1H3,(H,24,25)/t8-,9?,10+,11-,12?,13?,14?,16-,17?/m0/s1. The number of thioether (sulfide) groups is 1. The maximum absolute atomic E-state index is 11.6. The van der Waals surface area contributed by atoms with Gasteiger partial charge in [0.1, 0.15) is 31.0 Å². The van der Waals surface area contributed by atoms with Gasteiger partial charge in [0.25, 0.3) is 0 Å². The van der Waals surface area contributed by atoms with Gasteiger partial charge in [-0.3, -0.25) is 0 Å². The first-order valence-corrected chi connectivity index (χ1v) is 10.6. The van der Waals surface area contributed by atoms with Crippen LogP contribution in [0.5, 0.6) is 0 Å². The second-order valence-corrected chi connectivity index (χ2v) is 7.98. The summed E-state index contributed by atoms with van der Waals surface area (Å²) >= 11 is 0.829. The Hall–Kier alpha value is -1.71. The van der Waals surface area contributed by atoms with E-state index in [0.29, 0.717) is 5.57 Å². The Labute approximate surface area is 180 Å². The summed E-state index contributed by atoms with van der Waals surface area (Å²) in [6, 6.07) is 0. The van der Waals surface area contributed by atoms with Crippen molar-refractivity contribution in [2.45, 2.75) is 43.1 Å². The third-order valence-corrected chi connectivity index (χ3v) is 5.89. The van der Waals surface area contributed by atoms with E-state index < -0.39 is 72.8 Å². The minimum Gasteiger partial charge on any atom is -0.478 e. The number of rotatable bonds is 6. The second kappa shape index (κ2) is 9.83. The summed E-state index contributed by atoms with van der Waals surface area (Å²) in [4.78, 5) is 23.1. The molecule has 0 saturated carbocycles. The third kappa shape index (κ3) is 4.73. The molecule has 2 aliphatic heterocycles. The molecule has 13 heteroatoms. The summed E-state index contributed by atoms with van der Waals surface area (Å²) < 4.78 is 21.4. The lowest BCUT2D eigenvalue weighted by molar-refractivity contribution is -0.340. The predicted octanol–water partition coefficient (Wildman–Crippen LogP) is -1.84. The number of ether oxygens (including phenoxy) is 4. The molecule has 174 valence electrons. The molecule has 9 atom stereocenters. The monoisotopic (exact) mass is 464 g/mol. The Morgan fingerprint density at radius 3 is 2.42 bits per heavy atom. The normalized spacial score (nSPS) is 39.7. The average Bonchev–Trinajstić information content (AvgIpc) is 3.09. The summed E-state index contributed by atoms with van der Waals surface area (Å²) in [6.07, 6.45) is -6.52. The minimum absolute atomic E-state index is 0.228. The van der Waals surface area contributed by atoms with Crippen LogP contribution in [-0.4, -0.2) is 104 Å². The summed E-state index contributed by atoms with van der Waals surface area (Å²) in [5.74, 6) is -3.24. The smallest absolute Gasteiger partial charge is 0.367 e. The van der Waals surface area contributed by atoms with Gasteiger partial charge in [-0.1, -0.05) is 6.08 Å². The van der Waals surface area contributed by atoms with Crippen molar-refractivity contribution in [2.24, 2.45) is 11.8 Å². The number of carbonyl (C=O) groups is 2. The number of aliphatic carboxylic acids is 1. The Morgan fingerprint density at radius 1 is 1.10 bits per heavy atom. The number of carboxylic acids is 1. The van der Waals surface area contributed by atoms with E-state index in [2.05, 4.69) is 0 Å². The van der Waals surface area contributed by atoms with Crippen molar-refractivity contribution in [3.8, 4) is 0 Å². The molecule has 0 amide bonds. The van der Waals surface area contributed by atoms with Crippen LogP contribution in [0.15, 0.2) is 23.5 Å². The van der Waals surface area contributed by atoms with Crippen LogP contribution in [0.3, 0.4) is 0 Å². The molecule has 6 N–H and O–H groups in total. The molecule has 3 rings (SSSR count). The maximum atomic E-state index is 11.6. The van der Waals surface area contributed by atoms with Crippen LogP contribution in [-0.2, 0) is 23.7 Å². The van der Waals surface area contributed by atoms with Crippen molar-refractivity contribution >= 4 is 23.0 Å². The second-order valence-electron chi connectivity index (χ2n) is 7.24. The van der Waals surface area contributed by atoms with Crippen LogP contribution in [0.25, 0.3) is 0 Å². The third-order valence-electron chi connectivity index (χ3n) is 5.44. The lowest BCUT2D eigenvalue weighted by Crippen LogP contribution is -2.60. The van der Waals surface area contributed by atoms with Gasteiger partial charge >= 0.3 is 11.3 Å². The van der Waals surface area contributed by atoms with Gasteiger partial charge < -0.3 is 49.6 Å². The van der Waals surface area contributed by atoms with Crippen molar-refractivity contribution in [1.82, 2.24) is 0 Å². The van der Waals surface area contributed by atoms with Crippen molar-refractivity contribution in [3.05, 3.63) is 23.5 Å². The lowest BCUT2D eigenvalue weighted by atomic mass is 9.82.